The third kappa shape index (κ3) is 5.48. The molecule has 0 radical (unpaired) electrons. The Kier molecular flexibility index (Phi) is 6.65. The van der Waals surface area contributed by atoms with E-state index in [0.29, 0.717) is 25.6 Å². The lowest BCUT2D eigenvalue weighted by atomic mass is 10.1. The standard InChI is InChI=1S/C26H33N5O3/c1-34-22-5-2-4-21(16-22)23-10-11-24(28-27-23)29-12-3-13-30(15-14-29)25(32)18-31(17-19-6-7-19)26(33)20-8-9-20/h2,4-5,10-11,16,19-20H,3,6-9,12-15,17-18H2,1H3. The van der Waals surface area contributed by atoms with Crippen LogP contribution in [0.25, 0.3) is 11.3 Å². The molecule has 34 heavy (non-hydrogen) atoms. The molecule has 180 valence electrons. The van der Waals surface area contributed by atoms with E-state index in [4.69, 9.17) is 4.74 Å². The molecule has 0 bridgehead atoms. The van der Waals surface area contributed by atoms with Gasteiger partial charge in [-0.25, -0.2) is 0 Å². The summed E-state index contributed by atoms with van der Waals surface area (Å²) in [5.74, 6) is 2.60. The Hall–Kier alpha value is -3.16. The Balaban J connectivity index is 1.18. The highest BCUT2D eigenvalue weighted by Gasteiger charge is 2.37. The molecule has 0 N–H and O–H groups in total. The second kappa shape index (κ2) is 9.99. The van der Waals surface area contributed by atoms with E-state index in [0.717, 1.165) is 55.2 Å². The molecule has 1 saturated heterocycles. The molecule has 8 nitrogen and oxygen atoms in total. The smallest absolute Gasteiger partial charge is 0.242 e. The molecule has 2 heterocycles. The van der Waals surface area contributed by atoms with Gasteiger partial charge in [-0.15, -0.1) is 10.2 Å². The summed E-state index contributed by atoms with van der Waals surface area (Å²) in [6.07, 6.45) is 5.18. The number of benzene rings is 1. The van der Waals surface area contributed by atoms with Crippen molar-refractivity contribution >= 4 is 17.6 Å². The number of rotatable bonds is 8. The molecule has 3 aliphatic rings. The third-order valence-corrected chi connectivity index (χ3v) is 6.93. The van der Waals surface area contributed by atoms with Crippen LogP contribution in [0.5, 0.6) is 5.75 Å². The summed E-state index contributed by atoms with van der Waals surface area (Å²) in [6.45, 7) is 3.84. The summed E-state index contributed by atoms with van der Waals surface area (Å²) < 4.78 is 5.30. The number of aromatic nitrogens is 2. The Morgan fingerprint density at radius 3 is 2.59 bits per heavy atom. The molecule has 1 aromatic carbocycles. The summed E-state index contributed by atoms with van der Waals surface area (Å²) in [5, 5.41) is 8.89. The summed E-state index contributed by atoms with van der Waals surface area (Å²) in [4.78, 5) is 31.7. The average molecular weight is 464 g/mol. The van der Waals surface area contributed by atoms with E-state index in [9.17, 15) is 9.59 Å². The predicted octanol–water partition coefficient (Wildman–Crippen LogP) is 2.84. The van der Waals surface area contributed by atoms with E-state index in [2.05, 4.69) is 15.1 Å². The summed E-state index contributed by atoms with van der Waals surface area (Å²) in [5.41, 5.74) is 1.76. The molecular formula is C26H33N5O3. The van der Waals surface area contributed by atoms with Crippen LogP contribution in [0.1, 0.15) is 32.1 Å². The minimum absolute atomic E-state index is 0.0657. The normalized spacial score (nSPS) is 18.4. The van der Waals surface area contributed by atoms with Crippen LogP contribution >= 0.6 is 0 Å². The number of hydrogen-bond donors (Lipinski definition) is 0. The van der Waals surface area contributed by atoms with Crippen LogP contribution in [-0.4, -0.2) is 78.2 Å². The largest absolute Gasteiger partial charge is 0.497 e. The minimum Gasteiger partial charge on any atom is -0.497 e. The molecule has 2 amide bonds. The van der Waals surface area contributed by atoms with Crippen LogP contribution in [0.3, 0.4) is 0 Å². The minimum atomic E-state index is 0.0657. The molecule has 2 aromatic rings. The maximum Gasteiger partial charge on any atom is 0.242 e. The molecular weight excluding hydrogens is 430 g/mol. The average Bonchev–Trinajstić information content (AvgIpc) is 3.77. The number of carbonyl (C=O) groups excluding carboxylic acids is 2. The fourth-order valence-corrected chi connectivity index (χ4v) is 4.52. The van der Waals surface area contributed by atoms with Crippen LogP contribution in [0.4, 0.5) is 5.82 Å². The van der Waals surface area contributed by atoms with Gasteiger partial charge in [0.15, 0.2) is 5.82 Å². The SMILES string of the molecule is COc1cccc(-c2ccc(N3CCCN(C(=O)CN(CC4CC4)C(=O)C4CC4)CC3)nn2)c1. The van der Waals surface area contributed by atoms with Crippen molar-refractivity contribution in [3.05, 3.63) is 36.4 Å². The second-order valence-electron chi connectivity index (χ2n) is 9.67. The zero-order valence-corrected chi connectivity index (χ0v) is 19.9. The van der Waals surface area contributed by atoms with Crippen molar-refractivity contribution in [2.24, 2.45) is 11.8 Å². The topological polar surface area (TPSA) is 78.9 Å². The van der Waals surface area contributed by atoms with Crippen molar-refractivity contribution in [1.29, 1.82) is 0 Å². The first-order valence-corrected chi connectivity index (χ1v) is 12.4. The zero-order chi connectivity index (χ0) is 23.5. The molecule has 5 rings (SSSR count). The lowest BCUT2D eigenvalue weighted by molar-refractivity contribution is -0.141. The quantitative estimate of drug-likeness (QED) is 0.599. The number of ether oxygens (including phenoxy) is 1. The van der Waals surface area contributed by atoms with E-state index >= 15 is 0 Å². The fraction of sp³-hybridized carbons (Fsp3) is 0.538. The lowest BCUT2D eigenvalue weighted by Crippen LogP contribution is -2.45. The summed E-state index contributed by atoms with van der Waals surface area (Å²) in [6, 6.07) is 11.7. The molecule has 8 heteroatoms. The first-order valence-electron chi connectivity index (χ1n) is 12.4. The van der Waals surface area contributed by atoms with Crippen LogP contribution in [0, 0.1) is 11.8 Å². The molecule has 0 spiro atoms. The van der Waals surface area contributed by atoms with E-state index in [1.165, 1.54) is 12.8 Å². The lowest BCUT2D eigenvalue weighted by Gasteiger charge is -2.27. The second-order valence-corrected chi connectivity index (χ2v) is 9.67. The molecule has 1 aromatic heterocycles. The van der Waals surface area contributed by atoms with E-state index in [1.54, 1.807) is 7.11 Å². The Morgan fingerprint density at radius 2 is 1.88 bits per heavy atom. The number of nitrogens with zero attached hydrogens (tertiary/aromatic N) is 5. The molecule has 2 aliphatic carbocycles. The highest BCUT2D eigenvalue weighted by molar-refractivity contribution is 5.87. The van der Waals surface area contributed by atoms with Crippen LogP contribution in [-0.2, 0) is 9.59 Å². The molecule has 3 fully saturated rings. The molecule has 2 saturated carbocycles. The number of amides is 2. The van der Waals surface area contributed by atoms with Gasteiger partial charge in [0.2, 0.25) is 11.8 Å². The molecule has 1 aliphatic heterocycles. The summed E-state index contributed by atoms with van der Waals surface area (Å²) in [7, 11) is 1.65. The Labute approximate surface area is 200 Å². The van der Waals surface area contributed by atoms with Crippen LogP contribution < -0.4 is 9.64 Å². The maximum atomic E-state index is 13.1. The molecule has 0 unspecified atom stereocenters. The van der Waals surface area contributed by atoms with Crippen molar-refractivity contribution < 1.29 is 14.3 Å². The van der Waals surface area contributed by atoms with Gasteiger partial charge >= 0.3 is 0 Å². The predicted molar refractivity (Wildman–Crippen MR) is 129 cm³/mol. The van der Waals surface area contributed by atoms with Gasteiger partial charge in [-0.2, -0.15) is 0 Å². The van der Waals surface area contributed by atoms with E-state index in [1.807, 2.05) is 46.2 Å². The van der Waals surface area contributed by atoms with Gasteiger partial charge in [0.1, 0.15) is 5.75 Å². The van der Waals surface area contributed by atoms with E-state index < -0.39 is 0 Å². The number of hydrogen-bond acceptors (Lipinski definition) is 6. The van der Waals surface area contributed by atoms with Crippen molar-refractivity contribution in [2.75, 3.05) is 51.3 Å². The zero-order valence-electron chi connectivity index (χ0n) is 19.9. The van der Waals surface area contributed by atoms with Crippen molar-refractivity contribution in [3.63, 3.8) is 0 Å². The summed E-state index contributed by atoms with van der Waals surface area (Å²) >= 11 is 0. The van der Waals surface area contributed by atoms with Gasteiger partial charge in [-0.05, 0) is 62.3 Å². The van der Waals surface area contributed by atoms with Gasteiger partial charge < -0.3 is 19.4 Å². The van der Waals surface area contributed by atoms with Gasteiger partial charge in [0, 0.05) is 44.2 Å². The highest BCUT2D eigenvalue weighted by Crippen LogP contribution is 2.34. The van der Waals surface area contributed by atoms with Crippen LogP contribution in [0.15, 0.2) is 36.4 Å². The van der Waals surface area contributed by atoms with Crippen molar-refractivity contribution in [1.82, 2.24) is 20.0 Å². The van der Waals surface area contributed by atoms with Crippen molar-refractivity contribution in [3.8, 4) is 17.0 Å². The first kappa shape index (κ1) is 22.6. The third-order valence-electron chi connectivity index (χ3n) is 6.93. The Morgan fingerprint density at radius 1 is 1.03 bits per heavy atom. The van der Waals surface area contributed by atoms with Gasteiger partial charge in [-0.3, -0.25) is 9.59 Å². The monoisotopic (exact) mass is 463 g/mol. The van der Waals surface area contributed by atoms with Gasteiger partial charge in [0.05, 0.1) is 19.3 Å². The Bertz CT molecular complexity index is 1020. The highest BCUT2D eigenvalue weighted by atomic mass is 16.5. The number of methoxy groups -OCH3 is 1. The maximum absolute atomic E-state index is 13.1. The molecule has 0 atom stereocenters. The number of anilines is 1. The number of carbonyl (C=O) groups is 2. The first-order chi connectivity index (χ1) is 16.6. The van der Waals surface area contributed by atoms with Gasteiger partial charge in [0.25, 0.3) is 0 Å². The fourth-order valence-electron chi connectivity index (χ4n) is 4.52. The van der Waals surface area contributed by atoms with E-state index in [-0.39, 0.29) is 24.3 Å². The van der Waals surface area contributed by atoms with Crippen molar-refractivity contribution in [2.45, 2.75) is 32.1 Å². The van der Waals surface area contributed by atoms with Crippen LogP contribution in [0.2, 0.25) is 0 Å². The van der Waals surface area contributed by atoms with Gasteiger partial charge in [-0.1, -0.05) is 12.1 Å².